The number of amides is 1. The second-order valence-electron chi connectivity index (χ2n) is 7.44. The Morgan fingerprint density at radius 1 is 1.14 bits per heavy atom. The summed E-state index contributed by atoms with van der Waals surface area (Å²) in [6.45, 7) is 6.15. The lowest BCUT2D eigenvalue weighted by atomic mass is 9.83. The molecular formula is C20H21F3N4OS. The summed E-state index contributed by atoms with van der Waals surface area (Å²) < 4.78 is 39.5. The highest BCUT2D eigenvalue weighted by Crippen LogP contribution is 2.40. The Morgan fingerprint density at radius 2 is 1.76 bits per heavy atom. The highest BCUT2D eigenvalue weighted by Gasteiger charge is 2.48. The Labute approximate surface area is 170 Å². The Morgan fingerprint density at radius 3 is 2.34 bits per heavy atom. The van der Waals surface area contributed by atoms with E-state index in [1.165, 1.54) is 12.1 Å². The van der Waals surface area contributed by atoms with E-state index in [1.54, 1.807) is 12.1 Å². The molecule has 2 heterocycles. The van der Waals surface area contributed by atoms with Crippen molar-refractivity contribution in [1.82, 2.24) is 15.5 Å². The van der Waals surface area contributed by atoms with Crippen molar-refractivity contribution in [2.24, 2.45) is 0 Å². The summed E-state index contributed by atoms with van der Waals surface area (Å²) in [5.74, 6) is -0.359. The van der Waals surface area contributed by atoms with Gasteiger partial charge in [-0.15, -0.1) is 16.4 Å². The molecule has 0 aliphatic heterocycles. The van der Waals surface area contributed by atoms with Crippen LogP contribution in [0.5, 0.6) is 0 Å². The molecule has 9 heteroatoms. The number of nitrogen functional groups attached to an aromatic ring is 1. The number of alkyl halides is 3. The maximum Gasteiger partial charge on any atom is 0.397 e. The van der Waals surface area contributed by atoms with Crippen molar-refractivity contribution in [2.45, 2.75) is 45.8 Å². The number of benzene rings is 1. The van der Waals surface area contributed by atoms with Crippen LogP contribution < -0.4 is 11.1 Å². The lowest BCUT2D eigenvalue weighted by molar-refractivity contribution is -0.180. The van der Waals surface area contributed by atoms with Gasteiger partial charge in [0.2, 0.25) is 0 Å². The van der Waals surface area contributed by atoms with Gasteiger partial charge in [-0.05, 0) is 44.4 Å². The minimum Gasteiger partial charge on any atom is -0.397 e. The normalized spacial score (nSPS) is 12.4. The van der Waals surface area contributed by atoms with Gasteiger partial charge in [0.15, 0.2) is 0 Å². The summed E-state index contributed by atoms with van der Waals surface area (Å²) >= 11 is 1.16. The van der Waals surface area contributed by atoms with Gasteiger partial charge in [0, 0.05) is 11.9 Å². The maximum atomic E-state index is 13.2. The quantitative estimate of drug-likeness (QED) is 0.641. The van der Waals surface area contributed by atoms with E-state index in [9.17, 15) is 18.0 Å². The first-order chi connectivity index (χ1) is 13.4. The summed E-state index contributed by atoms with van der Waals surface area (Å²) in [5.41, 5.74) is 7.05. The molecule has 1 aromatic carbocycles. The van der Waals surface area contributed by atoms with Crippen LogP contribution in [0.15, 0.2) is 24.3 Å². The molecular weight excluding hydrogens is 401 g/mol. The summed E-state index contributed by atoms with van der Waals surface area (Å²) in [7, 11) is 0. The van der Waals surface area contributed by atoms with Crippen molar-refractivity contribution in [3.05, 3.63) is 51.5 Å². The van der Waals surface area contributed by atoms with Crippen LogP contribution in [0.25, 0.3) is 10.2 Å². The van der Waals surface area contributed by atoms with Gasteiger partial charge < -0.3 is 11.1 Å². The Hall–Kier alpha value is -2.68. The van der Waals surface area contributed by atoms with Crippen LogP contribution in [0.3, 0.4) is 0 Å². The first-order valence-electron chi connectivity index (χ1n) is 8.89. The average molecular weight is 422 g/mol. The lowest BCUT2D eigenvalue weighted by Crippen LogP contribution is -2.36. The molecule has 0 saturated heterocycles. The van der Waals surface area contributed by atoms with Gasteiger partial charge >= 0.3 is 6.18 Å². The number of carbonyl (C=O) groups is 1. The molecule has 0 bridgehead atoms. The zero-order chi connectivity index (χ0) is 21.6. The molecule has 0 aliphatic rings. The molecule has 1 amide bonds. The van der Waals surface area contributed by atoms with E-state index in [2.05, 4.69) is 15.5 Å². The second kappa shape index (κ2) is 7.29. The van der Waals surface area contributed by atoms with E-state index in [4.69, 9.17) is 5.73 Å². The fourth-order valence-corrected chi connectivity index (χ4v) is 3.89. The largest absolute Gasteiger partial charge is 0.397 e. The number of nitrogens with zero attached hydrogens (tertiary/aromatic N) is 2. The summed E-state index contributed by atoms with van der Waals surface area (Å²) in [4.78, 5) is 13.5. The minimum absolute atomic E-state index is 0.165. The third kappa shape index (κ3) is 3.78. The van der Waals surface area contributed by atoms with Gasteiger partial charge in [-0.2, -0.15) is 18.3 Å². The molecule has 3 rings (SSSR count). The van der Waals surface area contributed by atoms with Crippen molar-refractivity contribution in [1.29, 1.82) is 0 Å². The molecule has 154 valence electrons. The number of anilines is 1. The van der Waals surface area contributed by atoms with Crippen LogP contribution in [0, 0.1) is 13.8 Å². The monoisotopic (exact) mass is 422 g/mol. The number of carbonyl (C=O) groups excluding carboxylic acids is 1. The number of hydrogen-bond acceptors (Lipinski definition) is 5. The molecule has 0 unspecified atom stereocenters. The van der Waals surface area contributed by atoms with Crippen molar-refractivity contribution in [3.8, 4) is 0 Å². The van der Waals surface area contributed by atoms with Crippen LogP contribution in [0.1, 0.15) is 45.9 Å². The summed E-state index contributed by atoms with van der Waals surface area (Å²) in [6, 6.07) is 6.03. The van der Waals surface area contributed by atoms with Gasteiger partial charge in [-0.3, -0.25) is 4.79 Å². The van der Waals surface area contributed by atoms with Crippen LogP contribution in [-0.2, 0) is 12.0 Å². The molecule has 3 aromatic rings. The molecule has 0 saturated carbocycles. The standard InChI is InChI=1S/C20H21F3N4OS/c1-10-11(2)26-27-18-14(10)15(24)16(29-18)17(28)25-9-12-5-7-13(8-6-12)19(3,4)20(21,22)23/h5-8H,9,24H2,1-4H3,(H,25,28). The van der Waals surface area contributed by atoms with Crippen molar-refractivity contribution in [3.63, 3.8) is 0 Å². The minimum atomic E-state index is -4.35. The third-order valence-corrected chi connectivity index (χ3v) is 6.27. The lowest BCUT2D eigenvalue weighted by Gasteiger charge is -2.28. The predicted octanol–water partition coefficient (Wildman–Crippen LogP) is 4.66. The molecule has 0 fully saturated rings. The van der Waals surface area contributed by atoms with Crippen molar-refractivity contribution >= 4 is 33.1 Å². The van der Waals surface area contributed by atoms with Crippen molar-refractivity contribution in [2.75, 3.05) is 5.73 Å². The van der Waals surface area contributed by atoms with Gasteiger partial charge in [0.05, 0.1) is 16.8 Å². The average Bonchev–Trinajstić information content (AvgIpc) is 2.99. The highest BCUT2D eigenvalue weighted by atomic mass is 32.1. The first-order valence-corrected chi connectivity index (χ1v) is 9.71. The van der Waals surface area contributed by atoms with Crippen LogP contribution in [0.2, 0.25) is 0 Å². The number of halogens is 3. The van der Waals surface area contributed by atoms with E-state index in [0.717, 1.165) is 41.8 Å². The number of aromatic nitrogens is 2. The molecule has 2 aromatic heterocycles. The Kier molecular flexibility index (Phi) is 5.29. The first kappa shape index (κ1) is 21.0. The Bertz CT molecular complexity index is 1070. The van der Waals surface area contributed by atoms with Gasteiger partial charge in [-0.25, -0.2) is 0 Å². The highest BCUT2D eigenvalue weighted by molar-refractivity contribution is 7.21. The van der Waals surface area contributed by atoms with Gasteiger partial charge in [0.1, 0.15) is 9.71 Å². The molecule has 0 aliphatic carbocycles. The van der Waals surface area contributed by atoms with E-state index < -0.39 is 11.6 Å². The number of hydrogen-bond donors (Lipinski definition) is 2. The van der Waals surface area contributed by atoms with Crippen LogP contribution >= 0.6 is 11.3 Å². The van der Waals surface area contributed by atoms with Crippen molar-refractivity contribution < 1.29 is 18.0 Å². The van der Waals surface area contributed by atoms with Crippen LogP contribution in [-0.4, -0.2) is 22.3 Å². The third-order valence-electron chi connectivity index (χ3n) is 5.18. The molecule has 5 nitrogen and oxygen atoms in total. The molecule has 3 N–H and O–H groups in total. The zero-order valence-electron chi connectivity index (χ0n) is 16.4. The number of thiophene rings is 1. The molecule has 0 atom stereocenters. The van der Waals surface area contributed by atoms with E-state index in [-0.39, 0.29) is 18.0 Å². The molecule has 29 heavy (non-hydrogen) atoms. The van der Waals surface area contributed by atoms with Gasteiger partial charge in [-0.1, -0.05) is 24.3 Å². The van der Waals surface area contributed by atoms with Crippen LogP contribution in [0.4, 0.5) is 18.9 Å². The van der Waals surface area contributed by atoms with E-state index in [0.29, 0.717) is 21.0 Å². The van der Waals surface area contributed by atoms with E-state index >= 15 is 0 Å². The van der Waals surface area contributed by atoms with E-state index in [1.807, 2.05) is 13.8 Å². The summed E-state index contributed by atoms with van der Waals surface area (Å²) in [6.07, 6.45) is -4.35. The molecule has 0 radical (unpaired) electrons. The number of rotatable bonds is 4. The second-order valence-corrected chi connectivity index (χ2v) is 8.44. The predicted molar refractivity (Wildman–Crippen MR) is 108 cm³/mol. The summed E-state index contributed by atoms with van der Waals surface area (Å²) in [5, 5.41) is 11.6. The molecule has 0 spiro atoms. The fraction of sp³-hybridized carbons (Fsp3) is 0.350. The number of aryl methyl sites for hydroxylation is 2. The van der Waals surface area contributed by atoms with Gasteiger partial charge in [0.25, 0.3) is 5.91 Å². The number of nitrogens with one attached hydrogen (secondary N) is 1. The topological polar surface area (TPSA) is 80.9 Å². The Balaban J connectivity index is 1.76. The fourth-order valence-electron chi connectivity index (χ4n) is 2.87. The number of nitrogens with two attached hydrogens (primary N) is 1. The number of fused-ring (bicyclic) bond motifs is 1. The zero-order valence-corrected chi connectivity index (χ0v) is 17.3. The SMILES string of the molecule is Cc1nnc2sc(C(=O)NCc3ccc(C(C)(C)C(F)(F)F)cc3)c(N)c2c1C. The maximum absolute atomic E-state index is 13.2. The smallest absolute Gasteiger partial charge is 0.397 e.